The highest BCUT2D eigenvalue weighted by Crippen LogP contribution is 2.07. The van der Waals surface area contributed by atoms with Crippen LogP contribution < -0.4 is 5.32 Å². The second kappa shape index (κ2) is 7.63. The third kappa shape index (κ3) is 6.08. The van der Waals surface area contributed by atoms with Gasteiger partial charge in [0.2, 0.25) is 5.91 Å². The van der Waals surface area contributed by atoms with Crippen molar-refractivity contribution in [3.8, 4) is 0 Å². The molecule has 0 aromatic heterocycles. The molecule has 0 aromatic rings. The summed E-state index contributed by atoms with van der Waals surface area (Å²) in [7, 11) is 5.25. The van der Waals surface area contributed by atoms with Gasteiger partial charge in [0.25, 0.3) is 0 Å². The van der Waals surface area contributed by atoms with Gasteiger partial charge in [-0.25, -0.2) is 0 Å². The van der Waals surface area contributed by atoms with Gasteiger partial charge in [0.15, 0.2) is 0 Å². The highest BCUT2D eigenvalue weighted by Gasteiger charge is 2.22. The van der Waals surface area contributed by atoms with Crippen molar-refractivity contribution >= 4 is 5.91 Å². The minimum atomic E-state index is -0.111. The van der Waals surface area contributed by atoms with E-state index < -0.39 is 0 Å². The molecule has 16 heavy (non-hydrogen) atoms. The predicted molar refractivity (Wildman–Crippen MR) is 66.4 cm³/mol. The number of ether oxygens (including phenoxy) is 1. The van der Waals surface area contributed by atoms with E-state index in [1.54, 1.807) is 26.1 Å². The van der Waals surface area contributed by atoms with Crippen LogP contribution >= 0.6 is 0 Å². The Kier molecular flexibility index (Phi) is 7.34. The first-order valence-corrected chi connectivity index (χ1v) is 5.84. The number of rotatable bonds is 7. The van der Waals surface area contributed by atoms with Crippen molar-refractivity contribution in [2.45, 2.75) is 39.3 Å². The molecule has 1 N–H and O–H groups in total. The molecule has 4 heteroatoms. The second-order valence-corrected chi connectivity index (χ2v) is 4.94. The van der Waals surface area contributed by atoms with Gasteiger partial charge >= 0.3 is 0 Å². The van der Waals surface area contributed by atoms with E-state index in [9.17, 15) is 4.79 Å². The van der Waals surface area contributed by atoms with Gasteiger partial charge in [0, 0.05) is 27.2 Å². The Labute approximate surface area is 99.3 Å². The number of carbonyl (C=O) groups excluding carboxylic acids is 1. The van der Waals surface area contributed by atoms with Crippen molar-refractivity contribution in [2.75, 3.05) is 27.8 Å². The number of methoxy groups -OCH3 is 1. The van der Waals surface area contributed by atoms with Crippen LogP contribution in [0.1, 0.15) is 27.2 Å². The SMILES string of the molecule is COCC(C)NC(CC(C)C)C(=O)N(C)C. The maximum Gasteiger partial charge on any atom is 0.239 e. The summed E-state index contributed by atoms with van der Waals surface area (Å²) >= 11 is 0. The van der Waals surface area contributed by atoms with Crippen LogP contribution in [-0.2, 0) is 9.53 Å². The number of hydrogen-bond donors (Lipinski definition) is 1. The van der Waals surface area contributed by atoms with E-state index >= 15 is 0 Å². The first kappa shape index (κ1) is 15.4. The Morgan fingerprint density at radius 1 is 1.31 bits per heavy atom. The number of carbonyl (C=O) groups is 1. The smallest absolute Gasteiger partial charge is 0.239 e. The molecule has 0 saturated carbocycles. The van der Waals surface area contributed by atoms with Crippen molar-refractivity contribution < 1.29 is 9.53 Å². The molecular weight excluding hydrogens is 204 g/mol. The maximum atomic E-state index is 11.9. The fraction of sp³-hybridized carbons (Fsp3) is 0.917. The van der Waals surface area contributed by atoms with Crippen LogP contribution in [0.3, 0.4) is 0 Å². The van der Waals surface area contributed by atoms with Crippen molar-refractivity contribution in [1.82, 2.24) is 10.2 Å². The minimum Gasteiger partial charge on any atom is -0.383 e. The molecule has 0 heterocycles. The average molecular weight is 230 g/mol. The van der Waals surface area contributed by atoms with Crippen molar-refractivity contribution in [1.29, 1.82) is 0 Å². The maximum absolute atomic E-state index is 11.9. The van der Waals surface area contributed by atoms with Crippen LogP contribution in [0.15, 0.2) is 0 Å². The molecule has 0 radical (unpaired) electrons. The van der Waals surface area contributed by atoms with Crippen LogP contribution in [0.4, 0.5) is 0 Å². The molecule has 1 amide bonds. The Hall–Kier alpha value is -0.610. The number of amides is 1. The molecule has 96 valence electrons. The molecule has 0 aliphatic carbocycles. The summed E-state index contributed by atoms with van der Waals surface area (Å²) < 4.78 is 5.06. The van der Waals surface area contributed by atoms with Gasteiger partial charge in [-0.1, -0.05) is 13.8 Å². The summed E-state index contributed by atoms with van der Waals surface area (Å²) in [5.41, 5.74) is 0. The first-order valence-electron chi connectivity index (χ1n) is 5.84. The molecule has 0 saturated heterocycles. The van der Waals surface area contributed by atoms with E-state index in [-0.39, 0.29) is 18.0 Å². The van der Waals surface area contributed by atoms with Gasteiger partial charge in [0.1, 0.15) is 0 Å². The van der Waals surface area contributed by atoms with Crippen molar-refractivity contribution in [3.63, 3.8) is 0 Å². The zero-order valence-corrected chi connectivity index (χ0v) is 11.4. The monoisotopic (exact) mass is 230 g/mol. The van der Waals surface area contributed by atoms with E-state index in [4.69, 9.17) is 4.74 Å². The number of hydrogen-bond acceptors (Lipinski definition) is 3. The van der Waals surface area contributed by atoms with Crippen molar-refractivity contribution in [2.24, 2.45) is 5.92 Å². The van der Waals surface area contributed by atoms with Gasteiger partial charge in [0.05, 0.1) is 12.6 Å². The topological polar surface area (TPSA) is 41.6 Å². The predicted octanol–water partition coefficient (Wildman–Crippen LogP) is 1.11. The third-order valence-corrected chi connectivity index (χ3v) is 2.35. The summed E-state index contributed by atoms with van der Waals surface area (Å²) in [6, 6.07) is 0.0813. The number of likely N-dealkylation sites (N-methyl/N-ethyl adjacent to an activating group) is 1. The Balaban J connectivity index is 4.36. The van der Waals surface area contributed by atoms with E-state index in [1.165, 1.54) is 0 Å². The van der Waals surface area contributed by atoms with Crippen LogP contribution in [0, 0.1) is 5.92 Å². The van der Waals surface area contributed by atoms with E-state index in [1.807, 2.05) is 6.92 Å². The van der Waals surface area contributed by atoms with Gasteiger partial charge in [-0.2, -0.15) is 0 Å². The lowest BCUT2D eigenvalue weighted by molar-refractivity contribution is -0.131. The van der Waals surface area contributed by atoms with E-state index in [0.29, 0.717) is 12.5 Å². The molecular formula is C12H26N2O2. The number of nitrogens with zero attached hydrogens (tertiary/aromatic N) is 1. The molecule has 0 aliphatic rings. The first-order chi connectivity index (χ1) is 7.38. The lowest BCUT2D eigenvalue weighted by atomic mass is 10.0. The summed E-state index contributed by atoms with van der Waals surface area (Å²) in [4.78, 5) is 13.6. The summed E-state index contributed by atoms with van der Waals surface area (Å²) in [6.07, 6.45) is 0.852. The Morgan fingerprint density at radius 3 is 2.25 bits per heavy atom. The minimum absolute atomic E-state index is 0.111. The highest BCUT2D eigenvalue weighted by molar-refractivity contribution is 5.81. The zero-order chi connectivity index (χ0) is 12.7. The largest absolute Gasteiger partial charge is 0.383 e. The molecule has 0 aromatic carbocycles. The van der Waals surface area contributed by atoms with Gasteiger partial charge < -0.3 is 15.0 Å². The molecule has 0 spiro atoms. The summed E-state index contributed by atoms with van der Waals surface area (Å²) in [5.74, 6) is 0.632. The number of nitrogens with one attached hydrogen (secondary N) is 1. The second-order valence-electron chi connectivity index (χ2n) is 4.94. The molecule has 0 bridgehead atoms. The molecule has 0 fully saturated rings. The zero-order valence-electron chi connectivity index (χ0n) is 11.4. The lowest BCUT2D eigenvalue weighted by Crippen LogP contribution is -2.48. The van der Waals surface area contributed by atoms with Crippen LogP contribution in [-0.4, -0.2) is 50.7 Å². The van der Waals surface area contributed by atoms with Crippen LogP contribution in [0.2, 0.25) is 0 Å². The summed E-state index contributed by atoms with van der Waals surface area (Å²) in [5, 5.41) is 3.31. The molecule has 2 unspecified atom stereocenters. The van der Waals surface area contributed by atoms with Gasteiger partial charge in [-0.3, -0.25) is 4.79 Å². The molecule has 0 rings (SSSR count). The standard InChI is InChI=1S/C12H26N2O2/c1-9(2)7-11(12(15)14(4)5)13-10(3)8-16-6/h9-11,13H,7-8H2,1-6H3. The van der Waals surface area contributed by atoms with Crippen molar-refractivity contribution in [3.05, 3.63) is 0 Å². The van der Waals surface area contributed by atoms with E-state index in [2.05, 4.69) is 19.2 Å². The Bertz CT molecular complexity index is 205. The summed E-state index contributed by atoms with van der Waals surface area (Å²) in [6.45, 7) is 6.90. The van der Waals surface area contributed by atoms with Gasteiger partial charge in [-0.15, -0.1) is 0 Å². The lowest BCUT2D eigenvalue weighted by Gasteiger charge is -2.26. The highest BCUT2D eigenvalue weighted by atomic mass is 16.5. The fourth-order valence-corrected chi connectivity index (χ4v) is 1.66. The average Bonchev–Trinajstić information content (AvgIpc) is 2.15. The van der Waals surface area contributed by atoms with Crippen LogP contribution in [0.5, 0.6) is 0 Å². The van der Waals surface area contributed by atoms with E-state index in [0.717, 1.165) is 6.42 Å². The van der Waals surface area contributed by atoms with Gasteiger partial charge in [-0.05, 0) is 19.3 Å². The molecule has 0 aliphatic heterocycles. The molecule has 2 atom stereocenters. The molecule has 4 nitrogen and oxygen atoms in total. The third-order valence-electron chi connectivity index (χ3n) is 2.35. The fourth-order valence-electron chi connectivity index (χ4n) is 1.66. The normalized spacial score (nSPS) is 14.9. The quantitative estimate of drug-likeness (QED) is 0.712. The van der Waals surface area contributed by atoms with Crippen LogP contribution in [0.25, 0.3) is 0 Å². The Morgan fingerprint density at radius 2 is 1.88 bits per heavy atom.